The van der Waals surface area contributed by atoms with Gasteiger partial charge in [-0.3, -0.25) is 4.79 Å². The first kappa shape index (κ1) is 28.5. The van der Waals surface area contributed by atoms with Gasteiger partial charge in [0.2, 0.25) is 11.7 Å². The van der Waals surface area contributed by atoms with Crippen LogP contribution in [0.2, 0.25) is 0 Å². The molecule has 3 aromatic carbocycles. The molecule has 0 bridgehead atoms. The molecule has 0 fully saturated rings. The van der Waals surface area contributed by atoms with Crippen LogP contribution in [0.5, 0.6) is 17.2 Å². The first-order valence-electron chi connectivity index (χ1n) is 12.8. The van der Waals surface area contributed by atoms with E-state index in [4.69, 9.17) is 19.2 Å². The number of methoxy groups -OCH3 is 3. The number of aryl methyl sites for hydroxylation is 1. The molecule has 8 heteroatoms. The Hall–Kier alpha value is -4.48. The van der Waals surface area contributed by atoms with Crippen molar-refractivity contribution in [1.82, 2.24) is 4.98 Å². The minimum absolute atomic E-state index is 0.146. The summed E-state index contributed by atoms with van der Waals surface area (Å²) in [7, 11) is 4.64. The second-order valence-corrected chi connectivity index (χ2v) is 10.1. The summed E-state index contributed by atoms with van der Waals surface area (Å²) in [4.78, 5) is 18.2. The lowest BCUT2D eigenvalue weighted by Gasteiger charge is -2.19. The van der Waals surface area contributed by atoms with Crippen LogP contribution in [-0.4, -0.2) is 37.5 Å². The number of aromatic nitrogens is 1. The molecule has 0 aliphatic carbocycles. The normalized spacial score (nSPS) is 11.3. The fourth-order valence-corrected chi connectivity index (χ4v) is 5.35. The molecule has 0 aliphatic heterocycles. The van der Waals surface area contributed by atoms with Crippen LogP contribution in [0.3, 0.4) is 0 Å². The fourth-order valence-electron chi connectivity index (χ4n) is 4.32. The number of hydrogen-bond donors (Lipinski definition) is 1. The topological polar surface area (TPSA) is 93.5 Å². The van der Waals surface area contributed by atoms with Gasteiger partial charge >= 0.3 is 0 Å². The zero-order valence-electron chi connectivity index (χ0n) is 23.1. The summed E-state index contributed by atoms with van der Waals surface area (Å²) in [5, 5.41) is 13.4. The standard InChI is InChI=1S/C32H31N3O4S/c1-6-29(31(36)34-25-15-11-10-12-20(25)2)40-32-24(19-33)23(18-26(35-32)21-13-8-7-9-14-21)22-16-27(37-3)30(39-5)28(17-22)38-4/h7-18,29H,6H2,1-5H3,(H,34,36). The summed E-state index contributed by atoms with van der Waals surface area (Å²) in [6.45, 7) is 3.90. The van der Waals surface area contributed by atoms with Gasteiger partial charge in [-0.05, 0) is 48.7 Å². The SMILES string of the molecule is CCC(Sc1nc(-c2ccccc2)cc(-c2cc(OC)c(OC)c(OC)c2)c1C#N)C(=O)Nc1ccccc1C. The number of anilines is 1. The van der Waals surface area contributed by atoms with Gasteiger partial charge in [-0.15, -0.1) is 0 Å². The van der Waals surface area contributed by atoms with Crippen LogP contribution in [0, 0.1) is 18.3 Å². The van der Waals surface area contributed by atoms with E-state index in [-0.39, 0.29) is 5.91 Å². The lowest BCUT2D eigenvalue weighted by molar-refractivity contribution is -0.115. The quantitative estimate of drug-likeness (QED) is 0.209. The van der Waals surface area contributed by atoms with E-state index < -0.39 is 5.25 Å². The van der Waals surface area contributed by atoms with Crippen molar-refractivity contribution in [2.75, 3.05) is 26.6 Å². The molecule has 1 heterocycles. The molecular weight excluding hydrogens is 522 g/mol. The van der Waals surface area contributed by atoms with E-state index in [0.29, 0.717) is 51.1 Å². The molecule has 0 saturated heterocycles. The van der Waals surface area contributed by atoms with Gasteiger partial charge in [-0.2, -0.15) is 5.26 Å². The molecule has 7 nitrogen and oxygen atoms in total. The molecule has 1 unspecified atom stereocenters. The molecule has 1 aromatic heterocycles. The van der Waals surface area contributed by atoms with Crippen LogP contribution in [0.15, 0.2) is 77.8 Å². The molecule has 4 aromatic rings. The molecule has 1 amide bonds. The molecule has 0 spiro atoms. The highest BCUT2D eigenvalue weighted by Crippen LogP contribution is 2.44. The molecule has 1 N–H and O–H groups in total. The molecule has 204 valence electrons. The predicted octanol–water partition coefficient (Wildman–Crippen LogP) is 7.13. The number of carbonyl (C=O) groups excluding carboxylic acids is 1. The number of ether oxygens (including phenoxy) is 3. The molecule has 0 saturated carbocycles. The number of rotatable bonds is 10. The lowest BCUT2D eigenvalue weighted by atomic mass is 9.98. The van der Waals surface area contributed by atoms with Gasteiger partial charge in [0.25, 0.3) is 0 Å². The first-order chi connectivity index (χ1) is 19.4. The summed E-state index contributed by atoms with van der Waals surface area (Å²) in [5.74, 6) is 1.25. The molecule has 0 aliphatic rings. The van der Waals surface area contributed by atoms with E-state index in [1.807, 2.05) is 86.6 Å². The van der Waals surface area contributed by atoms with Crippen molar-refractivity contribution >= 4 is 23.4 Å². The Kier molecular flexibility index (Phi) is 9.31. The predicted molar refractivity (Wildman–Crippen MR) is 159 cm³/mol. The van der Waals surface area contributed by atoms with E-state index in [1.54, 1.807) is 21.3 Å². The summed E-state index contributed by atoms with van der Waals surface area (Å²) in [6.07, 6.45) is 0.546. The average molecular weight is 554 g/mol. The molecular formula is C32H31N3O4S. The third-order valence-electron chi connectivity index (χ3n) is 6.46. The van der Waals surface area contributed by atoms with E-state index >= 15 is 0 Å². The Balaban J connectivity index is 1.85. The number of nitriles is 1. The largest absolute Gasteiger partial charge is 0.493 e. The Bertz CT molecular complexity index is 1530. The maximum absolute atomic E-state index is 13.4. The molecule has 40 heavy (non-hydrogen) atoms. The number of para-hydroxylation sites is 1. The van der Waals surface area contributed by atoms with Gasteiger partial charge in [-0.1, -0.05) is 67.2 Å². The summed E-state index contributed by atoms with van der Waals surface area (Å²) < 4.78 is 16.7. The van der Waals surface area contributed by atoms with Gasteiger partial charge in [-0.25, -0.2) is 4.98 Å². The minimum atomic E-state index is -0.474. The van der Waals surface area contributed by atoms with Gasteiger partial charge in [0, 0.05) is 16.8 Å². The van der Waals surface area contributed by atoms with Gasteiger partial charge in [0.15, 0.2) is 11.5 Å². The number of pyridine rings is 1. The van der Waals surface area contributed by atoms with Crippen molar-refractivity contribution in [2.45, 2.75) is 30.5 Å². The number of thioether (sulfide) groups is 1. The second-order valence-electron chi connectivity index (χ2n) is 8.95. The van der Waals surface area contributed by atoms with Crippen LogP contribution in [-0.2, 0) is 4.79 Å². The van der Waals surface area contributed by atoms with Gasteiger partial charge in [0.1, 0.15) is 11.1 Å². The first-order valence-corrected chi connectivity index (χ1v) is 13.7. The molecule has 4 rings (SSSR count). The summed E-state index contributed by atoms with van der Waals surface area (Å²) in [5.41, 5.74) is 5.01. The van der Waals surface area contributed by atoms with E-state index in [2.05, 4.69) is 11.4 Å². The van der Waals surface area contributed by atoms with Crippen molar-refractivity contribution in [1.29, 1.82) is 5.26 Å². The second kappa shape index (κ2) is 13.0. The van der Waals surface area contributed by atoms with Crippen molar-refractivity contribution in [3.05, 3.63) is 83.9 Å². The minimum Gasteiger partial charge on any atom is -0.493 e. The zero-order chi connectivity index (χ0) is 28.6. The van der Waals surface area contributed by atoms with Crippen molar-refractivity contribution in [3.8, 4) is 45.7 Å². The maximum Gasteiger partial charge on any atom is 0.237 e. The highest BCUT2D eigenvalue weighted by atomic mass is 32.2. The number of nitrogens with one attached hydrogen (secondary N) is 1. The number of nitrogens with zero attached hydrogens (tertiary/aromatic N) is 2. The Labute approximate surface area is 239 Å². The lowest BCUT2D eigenvalue weighted by Crippen LogP contribution is -2.25. The Morgan fingerprint density at radius 1 is 0.950 bits per heavy atom. The maximum atomic E-state index is 13.4. The highest BCUT2D eigenvalue weighted by Gasteiger charge is 2.25. The number of carbonyl (C=O) groups is 1. The smallest absolute Gasteiger partial charge is 0.237 e. The van der Waals surface area contributed by atoms with E-state index in [1.165, 1.54) is 11.8 Å². The number of hydrogen-bond acceptors (Lipinski definition) is 7. The van der Waals surface area contributed by atoms with Crippen LogP contribution in [0.25, 0.3) is 22.4 Å². The van der Waals surface area contributed by atoms with Crippen molar-refractivity contribution < 1.29 is 19.0 Å². The van der Waals surface area contributed by atoms with Crippen LogP contribution in [0.1, 0.15) is 24.5 Å². The van der Waals surface area contributed by atoms with Gasteiger partial charge in [0.05, 0.1) is 37.8 Å². The van der Waals surface area contributed by atoms with Crippen molar-refractivity contribution in [2.24, 2.45) is 0 Å². The van der Waals surface area contributed by atoms with Crippen LogP contribution < -0.4 is 19.5 Å². The Morgan fingerprint density at radius 2 is 1.60 bits per heavy atom. The van der Waals surface area contributed by atoms with Crippen LogP contribution in [0.4, 0.5) is 5.69 Å². The summed E-state index contributed by atoms with van der Waals surface area (Å²) >= 11 is 1.29. The molecule has 1 atom stereocenters. The zero-order valence-corrected chi connectivity index (χ0v) is 24.0. The van der Waals surface area contributed by atoms with E-state index in [9.17, 15) is 10.1 Å². The fraction of sp³-hybridized carbons (Fsp3) is 0.219. The monoisotopic (exact) mass is 553 g/mol. The Morgan fingerprint density at radius 3 is 2.17 bits per heavy atom. The number of benzene rings is 3. The highest BCUT2D eigenvalue weighted by molar-refractivity contribution is 8.00. The van der Waals surface area contributed by atoms with E-state index in [0.717, 1.165) is 16.8 Å². The number of amides is 1. The summed E-state index contributed by atoms with van der Waals surface area (Å²) in [6, 6.07) is 25.2. The molecule has 0 radical (unpaired) electrons. The van der Waals surface area contributed by atoms with Gasteiger partial charge < -0.3 is 19.5 Å². The third kappa shape index (κ3) is 6.05. The third-order valence-corrected chi connectivity index (χ3v) is 7.81. The average Bonchev–Trinajstić information content (AvgIpc) is 2.99. The van der Waals surface area contributed by atoms with Crippen LogP contribution >= 0.6 is 11.8 Å². The van der Waals surface area contributed by atoms with Crippen molar-refractivity contribution in [3.63, 3.8) is 0 Å².